The molecule has 1 aromatic heterocycles. The molecule has 0 N–H and O–H groups in total. The second-order valence-corrected chi connectivity index (χ2v) is 7.79. The topological polar surface area (TPSA) is 64.8 Å². The molecule has 0 radical (unpaired) electrons. The van der Waals surface area contributed by atoms with Crippen LogP contribution in [-0.4, -0.2) is 34.7 Å². The Morgan fingerprint density at radius 2 is 1.95 bits per heavy atom. The fourth-order valence-electron chi connectivity index (χ4n) is 1.51. The molecule has 0 amide bonds. The van der Waals surface area contributed by atoms with Crippen LogP contribution in [0, 0.1) is 3.57 Å². The average Bonchev–Trinajstić information content (AvgIpc) is 2.86. The number of aryl methyl sites for hydroxylation is 1. The van der Waals surface area contributed by atoms with E-state index in [1.807, 2.05) is 24.3 Å². The normalized spacial score (nSPS) is 11.7. The molecular weight excluding hydrogens is 377 g/mol. The fraction of sp³-hybridized carbons (Fsp3) is 0.333. The van der Waals surface area contributed by atoms with Gasteiger partial charge in [0.25, 0.3) is 0 Å². The summed E-state index contributed by atoms with van der Waals surface area (Å²) in [6.45, 7) is 1.99. The molecule has 0 saturated carbocycles. The monoisotopic (exact) mass is 391 g/mol. The van der Waals surface area contributed by atoms with Crippen molar-refractivity contribution in [2.75, 3.05) is 11.5 Å². The second kappa shape index (κ2) is 6.00. The molecule has 5 nitrogen and oxygen atoms in total. The molecule has 2 aromatic rings. The molecule has 0 aliphatic carbocycles. The third kappa shape index (κ3) is 4.00. The van der Waals surface area contributed by atoms with E-state index in [0.717, 1.165) is 9.13 Å². The van der Waals surface area contributed by atoms with Gasteiger partial charge in [0.15, 0.2) is 15.7 Å². The smallest absolute Gasteiger partial charge is 0.181 e. The first-order valence-electron chi connectivity index (χ1n) is 5.86. The summed E-state index contributed by atoms with van der Waals surface area (Å²) < 4.78 is 25.6. The largest absolute Gasteiger partial charge is 0.251 e. The molecule has 19 heavy (non-hydrogen) atoms. The van der Waals surface area contributed by atoms with Gasteiger partial charge in [-0.05, 0) is 34.7 Å². The standard InChI is InChI=1S/C12H14IN3O2S/c1-2-19(17,18)8-7-16-9-14-12(15-16)10-3-5-11(13)6-4-10/h3-6,9H,2,7-8H2,1H3. The van der Waals surface area contributed by atoms with Crippen molar-refractivity contribution in [2.24, 2.45) is 0 Å². The third-order valence-corrected chi connectivity index (χ3v) is 5.11. The van der Waals surface area contributed by atoms with Crippen LogP contribution in [0.1, 0.15) is 6.92 Å². The van der Waals surface area contributed by atoms with Gasteiger partial charge in [-0.3, -0.25) is 4.68 Å². The maximum atomic E-state index is 11.4. The number of nitrogens with zero attached hydrogens (tertiary/aromatic N) is 3. The Kier molecular flexibility index (Phi) is 4.56. The van der Waals surface area contributed by atoms with Gasteiger partial charge < -0.3 is 0 Å². The molecule has 2 rings (SSSR count). The molecule has 7 heteroatoms. The summed E-state index contributed by atoms with van der Waals surface area (Å²) in [4.78, 5) is 4.20. The Labute approximate surface area is 126 Å². The number of aromatic nitrogens is 3. The van der Waals surface area contributed by atoms with Crippen molar-refractivity contribution in [3.8, 4) is 11.4 Å². The maximum absolute atomic E-state index is 11.4. The van der Waals surface area contributed by atoms with Crippen LogP contribution in [0.5, 0.6) is 0 Å². The SMILES string of the molecule is CCS(=O)(=O)CCn1cnc(-c2ccc(I)cc2)n1. The van der Waals surface area contributed by atoms with Gasteiger partial charge in [-0.1, -0.05) is 19.1 Å². The molecule has 0 fully saturated rings. The predicted octanol–water partition coefficient (Wildman–Crippen LogP) is 1.98. The Balaban J connectivity index is 2.09. The first-order valence-corrected chi connectivity index (χ1v) is 8.76. The van der Waals surface area contributed by atoms with Crippen molar-refractivity contribution in [2.45, 2.75) is 13.5 Å². The average molecular weight is 391 g/mol. The lowest BCUT2D eigenvalue weighted by molar-refractivity contribution is 0.581. The highest BCUT2D eigenvalue weighted by Crippen LogP contribution is 2.15. The Hall–Kier alpha value is -0.960. The summed E-state index contributed by atoms with van der Waals surface area (Å²) in [5.41, 5.74) is 0.928. The van der Waals surface area contributed by atoms with Crippen LogP contribution in [0.15, 0.2) is 30.6 Å². The highest BCUT2D eigenvalue weighted by Gasteiger charge is 2.09. The minimum atomic E-state index is -2.97. The zero-order valence-corrected chi connectivity index (χ0v) is 13.4. The van der Waals surface area contributed by atoms with E-state index in [-0.39, 0.29) is 11.5 Å². The van der Waals surface area contributed by atoms with E-state index < -0.39 is 9.84 Å². The van der Waals surface area contributed by atoms with Gasteiger partial charge in [-0.25, -0.2) is 13.4 Å². The van der Waals surface area contributed by atoms with Crippen LogP contribution in [0.2, 0.25) is 0 Å². The molecule has 0 unspecified atom stereocenters. The van der Waals surface area contributed by atoms with Crippen molar-refractivity contribution in [3.05, 3.63) is 34.2 Å². The van der Waals surface area contributed by atoms with Gasteiger partial charge in [-0.15, -0.1) is 0 Å². The number of hydrogen-bond donors (Lipinski definition) is 0. The molecule has 1 aromatic carbocycles. The first kappa shape index (κ1) is 14.4. The third-order valence-electron chi connectivity index (χ3n) is 2.71. The van der Waals surface area contributed by atoms with E-state index in [1.54, 1.807) is 17.9 Å². The van der Waals surface area contributed by atoms with Crippen LogP contribution in [-0.2, 0) is 16.4 Å². The second-order valence-electron chi connectivity index (χ2n) is 4.07. The van der Waals surface area contributed by atoms with Gasteiger partial charge in [0, 0.05) is 14.9 Å². The lowest BCUT2D eigenvalue weighted by Crippen LogP contribution is -2.14. The number of benzene rings is 1. The molecule has 0 aliphatic rings. The van der Waals surface area contributed by atoms with Crippen molar-refractivity contribution in [3.63, 3.8) is 0 Å². The summed E-state index contributed by atoms with van der Waals surface area (Å²) in [6, 6.07) is 7.87. The van der Waals surface area contributed by atoms with Gasteiger partial charge in [-0.2, -0.15) is 5.10 Å². The van der Waals surface area contributed by atoms with E-state index >= 15 is 0 Å². The molecule has 0 aliphatic heterocycles. The van der Waals surface area contributed by atoms with Gasteiger partial charge in [0.2, 0.25) is 0 Å². The van der Waals surface area contributed by atoms with Crippen molar-refractivity contribution in [1.82, 2.24) is 14.8 Å². The number of halogens is 1. The van der Waals surface area contributed by atoms with E-state index in [4.69, 9.17) is 0 Å². The molecule has 0 saturated heterocycles. The van der Waals surface area contributed by atoms with Crippen LogP contribution in [0.25, 0.3) is 11.4 Å². The highest BCUT2D eigenvalue weighted by atomic mass is 127. The highest BCUT2D eigenvalue weighted by molar-refractivity contribution is 14.1. The van der Waals surface area contributed by atoms with E-state index in [9.17, 15) is 8.42 Å². The Morgan fingerprint density at radius 3 is 2.58 bits per heavy atom. The van der Waals surface area contributed by atoms with Gasteiger partial charge in [0.05, 0.1) is 12.3 Å². The summed E-state index contributed by atoms with van der Waals surface area (Å²) in [5, 5.41) is 4.29. The lowest BCUT2D eigenvalue weighted by Gasteiger charge is -2.00. The number of sulfone groups is 1. The summed E-state index contributed by atoms with van der Waals surface area (Å²) >= 11 is 2.23. The first-order chi connectivity index (χ1) is 9.00. The molecule has 0 spiro atoms. The van der Waals surface area contributed by atoms with Crippen molar-refractivity contribution >= 4 is 32.4 Å². The molecular formula is C12H14IN3O2S. The van der Waals surface area contributed by atoms with E-state index in [0.29, 0.717) is 12.4 Å². The lowest BCUT2D eigenvalue weighted by atomic mass is 10.2. The zero-order chi connectivity index (χ0) is 13.9. The maximum Gasteiger partial charge on any atom is 0.181 e. The molecule has 1 heterocycles. The van der Waals surface area contributed by atoms with Crippen molar-refractivity contribution < 1.29 is 8.42 Å². The molecule has 102 valence electrons. The van der Waals surface area contributed by atoms with Crippen LogP contribution < -0.4 is 0 Å². The van der Waals surface area contributed by atoms with Crippen LogP contribution in [0.4, 0.5) is 0 Å². The van der Waals surface area contributed by atoms with Crippen molar-refractivity contribution in [1.29, 1.82) is 0 Å². The van der Waals surface area contributed by atoms with Gasteiger partial charge >= 0.3 is 0 Å². The summed E-state index contributed by atoms with van der Waals surface area (Å²) in [6.07, 6.45) is 1.57. The quantitative estimate of drug-likeness (QED) is 0.732. The molecule has 0 atom stereocenters. The number of hydrogen-bond acceptors (Lipinski definition) is 4. The molecule has 0 bridgehead atoms. The predicted molar refractivity (Wildman–Crippen MR) is 82.5 cm³/mol. The Morgan fingerprint density at radius 1 is 1.26 bits per heavy atom. The Bertz CT molecular complexity index is 650. The summed E-state index contributed by atoms with van der Waals surface area (Å²) in [5.74, 6) is 0.871. The minimum Gasteiger partial charge on any atom is -0.251 e. The fourth-order valence-corrected chi connectivity index (χ4v) is 2.62. The van der Waals surface area contributed by atoms with E-state index in [1.165, 1.54) is 0 Å². The van der Waals surface area contributed by atoms with Gasteiger partial charge in [0.1, 0.15) is 6.33 Å². The minimum absolute atomic E-state index is 0.0962. The number of rotatable bonds is 5. The van der Waals surface area contributed by atoms with Crippen LogP contribution >= 0.6 is 22.6 Å². The zero-order valence-electron chi connectivity index (χ0n) is 10.5. The summed E-state index contributed by atoms with van der Waals surface area (Å²) in [7, 11) is -2.97. The van der Waals surface area contributed by atoms with Crippen LogP contribution in [0.3, 0.4) is 0 Å². The van der Waals surface area contributed by atoms with E-state index in [2.05, 4.69) is 32.7 Å².